The Labute approximate surface area is 116 Å². The average Bonchev–Trinajstić information content (AvgIpc) is 2.45. The third-order valence-corrected chi connectivity index (χ3v) is 4.90. The number of benzene rings is 2. The molecule has 0 amide bonds. The number of rotatable bonds is 2. The molecule has 0 aromatic heterocycles. The molecule has 0 saturated heterocycles. The van der Waals surface area contributed by atoms with Crippen LogP contribution in [0.15, 0.2) is 42.5 Å². The smallest absolute Gasteiger partial charge is 0.0203 e. The van der Waals surface area contributed by atoms with Crippen LogP contribution in [0.2, 0.25) is 0 Å². The lowest BCUT2D eigenvalue weighted by molar-refractivity contribution is 0.462. The molecule has 2 aromatic carbocycles. The molecule has 0 bridgehead atoms. The fourth-order valence-corrected chi connectivity index (χ4v) is 3.79. The topological polar surface area (TPSA) is 0 Å². The molecule has 0 fully saturated rings. The highest BCUT2D eigenvalue weighted by molar-refractivity contribution is 5.54. The minimum absolute atomic E-state index is 0.218. The van der Waals surface area contributed by atoms with Gasteiger partial charge in [0, 0.05) is 5.41 Å². The van der Waals surface area contributed by atoms with E-state index in [1.54, 1.807) is 11.1 Å². The first-order valence-electron chi connectivity index (χ1n) is 7.39. The maximum absolute atomic E-state index is 2.41. The average molecular weight is 250 g/mol. The number of aryl methyl sites for hydroxylation is 1. The Morgan fingerprint density at radius 1 is 0.895 bits per heavy atom. The quantitative estimate of drug-likeness (QED) is 0.703. The zero-order valence-electron chi connectivity index (χ0n) is 12.2. The summed E-state index contributed by atoms with van der Waals surface area (Å²) in [6.45, 7) is 6.87. The second-order valence-corrected chi connectivity index (χ2v) is 5.78. The fourth-order valence-electron chi connectivity index (χ4n) is 3.79. The van der Waals surface area contributed by atoms with Crippen LogP contribution in [0.5, 0.6) is 0 Å². The third-order valence-electron chi connectivity index (χ3n) is 4.90. The summed E-state index contributed by atoms with van der Waals surface area (Å²) in [5.74, 6) is 0. The Hall–Kier alpha value is -1.56. The molecule has 19 heavy (non-hydrogen) atoms. The van der Waals surface area contributed by atoms with Gasteiger partial charge < -0.3 is 0 Å². The van der Waals surface area contributed by atoms with Crippen molar-refractivity contribution < 1.29 is 0 Å². The molecule has 0 N–H and O–H groups in total. The second-order valence-electron chi connectivity index (χ2n) is 5.78. The Bertz CT molecular complexity index is 603. The van der Waals surface area contributed by atoms with Crippen molar-refractivity contribution in [3.05, 3.63) is 70.3 Å². The molecule has 0 saturated carbocycles. The highest BCUT2D eigenvalue weighted by Gasteiger charge is 2.37. The summed E-state index contributed by atoms with van der Waals surface area (Å²) < 4.78 is 0. The zero-order valence-corrected chi connectivity index (χ0v) is 12.2. The van der Waals surface area contributed by atoms with Gasteiger partial charge in [-0.05, 0) is 48.4 Å². The van der Waals surface area contributed by atoms with Crippen LogP contribution in [0.4, 0.5) is 0 Å². The molecule has 0 radical (unpaired) electrons. The maximum atomic E-state index is 2.41. The molecule has 1 aliphatic rings. The molecule has 2 aromatic rings. The van der Waals surface area contributed by atoms with E-state index in [2.05, 4.69) is 63.2 Å². The highest BCUT2D eigenvalue weighted by atomic mass is 14.4. The molecule has 1 aliphatic carbocycles. The Kier molecular flexibility index (Phi) is 2.97. The van der Waals surface area contributed by atoms with Crippen LogP contribution >= 0.6 is 0 Å². The van der Waals surface area contributed by atoms with Gasteiger partial charge in [-0.3, -0.25) is 0 Å². The van der Waals surface area contributed by atoms with E-state index < -0.39 is 0 Å². The van der Waals surface area contributed by atoms with Gasteiger partial charge in [0.15, 0.2) is 0 Å². The maximum Gasteiger partial charge on any atom is 0.0203 e. The molecule has 0 aliphatic heterocycles. The van der Waals surface area contributed by atoms with Crippen molar-refractivity contribution in [1.82, 2.24) is 0 Å². The van der Waals surface area contributed by atoms with Gasteiger partial charge in [0.2, 0.25) is 0 Å². The second kappa shape index (κ2) is 4.52. The standard InChI is InChI=1S/C19H22/c1-4-19(5-2)17-9-7-6-8-15(17)13-16-11-10-14(3)12-18(16)19/h6-12H,4-5,13H2,1-3H3. The van der Waals surface area contributed by atoms with Gasteiger partial charge in [-0.1, -0.05) is 61.9 Å². The van der Waals surface area contributed by atoms with Gasteiger partial charge in [-0.2, -0.15) is 0 Å². The fraction of sp³-hybridized carbons (Fsp3) is 0.368. The minimum atomic E-state index is 0.218. The lowest BCUT2D eigenvalue weighted by atomic mass is 9.63. The minimum Gasteiger partial charge on any atom is -0.0642 e. The molecule has 3 rings (SSSR count). The molecule has 0 heterocycles. The summed E-state index contributed by atoms with van der Waals surface area (Å²) in [6.07, 6.45) is 3.45. The van der Waals surface area contributed by atoms with Crippen molar-refractivity contribution in [3.63, 3.8) is 0 Å². The van der Waals surface area contributed by atoms with Gasteiger partial charge in [-0.25, -0.2) is 0 Å². The predicted octanol–water partition coefficient (Wildman–Crippen LogP) is 5.01. The third kappa shape index (κ3) is 1.74. The monoisotopic (exact) mass is 250 g/mol. The molecule has 0 atom stereocenters. The van der Waals surface area contributed by atoms with Gasteiger partial charge in [-0.15, -0.1) is 0 Å². The molecular formula is C19H22. The molecule has 0 spiro atoms. The van der Waals surface area contributed by atoms with Gasteiger partial charge >= 0.3 is 0 Å². The van der Waals surface area contributed by atoms with Crippen molar-refractivity contribution in [2.75, 3.05) is 0 Å². The van der Waals surface area contributed by atoms with E-state index in [9.17, 15) is 0 Å². The van der Waals surface area contributed by atoms with E-state index in [0.29, 0.717) is 0 Å². The number of fused-ring (bicyclic) bond motifs is 2. The predicted molar refractivity (Wildman–Crippen MR) is 81.8 cm³/mol. The Balaban J connectivity index is 2.31. The first kappa shape index (κ1) is 12.5. The molecular weight excluding hydrogens is 228 g/mol. The zero-order chi connectivity index (χ0) is 13.5. The molecule has 0 heteroatoms. The summed E-state index contributed by atoms with van der Waals surface area (Å²) >= 11 is 0. The van der Waals surface area contributed by atoms with Crippen molar-refractivity contribution in [3.8, 4) is 0 Å². The normalized spacial score (nSPS) is 15.7. The molecule has 98 valence electrons. The summed E-state index contributed by atoms with van der Waals surface area (Å²) in [5.41, 5.74) is 7.75. The van der Waals surface area contributed by atoms with Crippen molar-refractivity contribution in [2.45, 2.75) is 45.4 Å². The van der Waals surface area contributed by atoms with E-state index in [1.807, 2.05) is 0 Å². The van der Waals surface area contributed by atoms with Crippen molar-refractivity contribution in [1.29, 1.82) is 0 Å². The van der Waals surface area contributed by atoms with Crippen LogP contribution in [0.1, 0.15) is 54.5 Å². The first-order chi connectivity index (χ1) is 9.21. The summed E-state index contributed by atoms with van der Waals surface area (Å²) in [5, 5.41) is 0. The lowest BCUT2D eigenvalue weighted by Crippen LogP contribution is -2.32. The largest absolute Gasteiger partial charge is 0.0642 e. The molecule has 0 unspecified atom stereocenters. The SMILES string of the molecule is CCC1(CC)c2ccccc2Cc2ccc(C)cc21. The van der Waals surface area contributed by atoms with Gasteiger partial charge in [0.25, 0.3) is 0 Å². The number of hydrogen-bond donors (Lipinski definition) is 0. The van der Waals surface area contributed by atoms with E-state index in [0.717, 1.165) is 6.42 Å². The van der Waals surface area contributed by atoms with Crippen molar-refractivity contribution >= 4 is 0 Å². The summed E-state index contributed by atoms with van der Waals surface area (Å²) in [7, 11) is 0. The van der Waals surface area contributed by atoms with Crippen LogP contribution in [0.3, 0.4) is 0 Å². The van der Waals surface area contributed by atoms with Gasteiger partial charge in [0.05, 0.1) is 0 Å². The van der Waals surface area contributed by atoms with E-state index in [-0.39, 0.29) is 5.41 Å². The van der Waals surface area contributed by atoms with Crippen LogP contribution in [0.25, 0.3) is 0 Å². The van der Waals surface area contributed by atoms with Crippen LogP contribution < -0.4 is 0 Å². The Morgan fingerprint density at radius 3 is 2.32 bits per heavy atom. The van der Waals surface area contributed by atoms with E-state index >= 15 is 0 Å². The van der Waals surface area contributed by atoms with E-state index in [1.165, 1.54) is 29.5 Å². The summed E-state index contributed by atoms with van der Waals surface area (Å²) in [4.78, 5) is 0. The van der Waals surface area contributed by atoms with E-state index in [4.69, 9.17) is 0 Å². The first-order valence-corrected chi connectivity index (χ1v) is 7.39. The lowest BCUT2D eigenvalue weighted by Gasteiger charge is -2.40. The van der Waals surface area contributed by atoms with Crippen molar-refractivity contribution in [2.24, 2.45) is 0 Å². The highest BCUT2D eigenvalue weighted by Crippen LogP contribution is 2.46. The Morgan fingerprint density at radius 2 is 1.58 bits per heavy atom. The number of hydrogen-bond acceptors (Lipinski definition) is 0. The van der Waals surface area contributed by atoms with Crippen LogP contribution in [-0.4, -0.2) is 0 Å². The van der Waals surface area contributed by atoms with Gasteiger partial charge in [0.1, 0.15) is 0 Å². The van der Waals surface area contributed by atoms with Crippen LogP contribution in [0, 0.1) is 6.92 Å². The van der Waals surface area contributed by atoms with Crippen LogP contribution in [-0.2, 0) is 11.8 Å². The molecule has 0 nitrogen and oxygen atoms in total. The summed E-state index contributed by atoms with van der Waals surface area (Å²) in [6, 6.07) is 16.0.